The van der Waals surface area contributed by atoms with E-state index >= 15 is 0 Å². The van der Waals surface area contributed by atoms with E-state index in [9.17, 15) is 0 Å². The first kappa shape index (κ1) is 9.88. The summed E-state index contributed by atoms with van der Waals surface area (Å²) in [6, 6.07) is 4.27. The Morgan fingerprint density at radius 1 is 1.19 bits per heavy atom. The molecule has 0 saturated heterocycles. The molecule has 0 radical (unpaired) electrons. The van der Waals surface area contributed by atoms with Gasteiger partial charge in [-0.1, -0.05) is 18.9 Å². The Bertz CT molecular complexity index is 521. The largest absolute Gasteiger partial charge is 0.440 e. The Hall–Kier alpha value is -1.31. The molecule has 0 bridgehead atoms. The molecule has 2 heteroatoms. The number of hydrogen-bond donors (Lipinski definition) is 0. The third-order valence-corrected chi connectivity index (χ3v) is 3.54. The molecule has 16 heavy (non-hydrogen) atoms. The lowest BCUT2D eigenvalue weighted by Crippen LogP contribution is -1.90. The van der Waals surface area contributed by atoms with E-state index in [-0.39, 0.29) is 0 Å². The summed E-state index contributed by atoms with van der Waals surface area (Å²) in [6.45, 7) is 4.20. The number of aromatic nitrogens is 1. The van der Waals surface area contributed by atoms with E-state index in [1.54, 1.807) is 0 Å². The maximum atomic E-state index is 5.93. The number of oxazole rings is 1. The van der Waals surface area contributed by atoms with Crippen molar-refractivity contribution in [3.05, 3.63) is 29.2 Å². The van der Waals surface area contributed by atoms with Gasteiger partial charge < -0.3 is 4.42 Å². The van der Waals surface area contributed by atoms with Crippen molar-refractivity contribution in [1.82, 2.24) is 4.98 Å². The minimum Gasteiger partial charge on any atom is -0.440 e. The summed E-state index contributed by atoms with van der Waals surface area (Å²) in [5.74, 6) is 1.52. The second-order valence-corrected chi connectivity index (χ2v) is 4.96. The lowest BCUT2D eigenvalue weighted by molar-refractivity contribution is 0.473. The summed E-state index contributed by atoms with van der Waals surface area (Å²) >= 11 is 0. The number of benzene rings is 1. The SMILES string of the molecule is Cc1cc(C)c2oc(C3CCCC3)nc2c1. The van der Waals surface area contributed by atoms with Crippen LogP contribution in [0.15, 0.2) is 16.5 Å². The van der Waals surface area contributed by atoms with Crippen molar-refractivity contribution < 1.29 is 4.42 Å². The average Bonchev–Trinajstić information content (AvgIpc) is 2.82. The Kier molecular flexibility index (Phi) is 2.23. The van der Waals surface area contributed by atoms with Crippen LogP contribution in [0.1, 0.15) is 48.6 Å². The Balaban J connectivity index is 2.11. The van der Waals surface area contributed by atoms with Crippen LogP contribution in [0.3, 0.4) is 0 Å². The molecular weight excluding hydrogens is 198 g/mol. The van der Waals surface area contributed by atoms with Crippen LogP contribution < -0.4 is 0 Å². The molecule has 0 spiro atoms. The van der Waals surface area contributed by atoms with Crippen LogP contribution in [0.5, 0.6) is 0 Å². The van der Waals surface area contributed by atoms with Gasteiger partial charge in [0.25, 0.3) is 0 Å². The lowest BCUT2D eigenvalue weighted by Gasteiger charge is -2.00. The van der Waals surface area contributed by atoms with E-state index in [0.29, 0.717) is 5.92 Å². The molecule has 0 atom stereocenters. The number of aryl methyl sites for hydroxylation is 2. The summed E-state index contributed by atoms with van der Waals surface area (Å²) in [7, 11) is 0. The van der Waals surface area contributed by atoms with Gasteiger partial charge in [-0.15, -0.1) is 0 Å². The van der Waals surface area contributed by atoms with E-state index in [1.165, 1.54) is 36.8 Å². The molecule has 0 N–H and O–H groups in total. The second kappa shape index (κ2) is 3.62. The first-order valence-electron chi connectivity index (χ1n) is 6.12. The maximum absolute atomic E-state index is 5.93. The average molecular weight is 215 g/mol. The zero-order chi connectivity index (χ0) is 11.1. The molecular formula is C14H17NO. The van der Waals surface area contributed by atoms with Crippen LogP contribution in [0.4, 0.5) is 0 Å². The fourth-order valence-electron chi connectivity index (χ4n) is 2.74. The first-order chi connectivity index (χ1) is 7.74. The molecule has 1 aromatic carbocycles. The maximum Gasteiger partial charge on any atom is 0.198 e. The van der Waals surface area contributed by atoms with Gasteiger partial charge in [-0.2, -0.15) is 0 Å². The molecule has 3 rings (SSSR count). The highest BCUT2D eigenvalue weighted by atomic mass is 16.3. The van der Waals surface area contributed by atoms with Crippen molar-refractivity contribution in [3.8, 4) is 0 Å². The molecule has 0 aliphatic heterocycles. The Morgan fingerprint density at radius 3 is 2.69 bits per heavy atom. The number of hydrogen-bond acceptors (Lipinski definition) is 2. The fraction of sp³-hybridized carbons (Fsp3) is 0.500. The Morgan fingerprint density at radius 2 is 1.94 bits per heavy atom. The molecule has 1 saturated carbocycles. The third kappa shape index (κ3) is 1.53. The summed E-state index contributed by atoms with van der Waals surface area (Å²) in [6.07, 6.45) is 5.12. The van der Waals surface area contributed by atoms with Crippen LogP contribution >= 0.6 is 0 Å². The number of rotatable bonds is 1. The first-order valence-corrected chi connectivity index (χ1v) is 6.12. The van der Waals surface area contributed by atoms with Crippen molar-refractivity contribution in [2.75, 3.05) is 0 Å². The molecule has 2 nitrogen and oxygen atoms in total. The number of fused-ring (bicyclic) bond motifs is 1. The minimum absolute atomic E-state index is 0.562. The standard InChI is InChI=1S/C14H17NO/c1-9-7-10(2)13-12(8-9)15-14(16-13)11-5-3-4-6-11/h7-8,11H,3-6H2,1-2H3. The summed E-state index contributed by atoms with van der Waals surface area (Å²) in [5.41, 5.74) is 4.47. The molecule has 2 aromatic rings. The van der Waals surface area contributed by atoms with Gasteiger partial charge in [0.1, 0.15) is 5.52 Å². The van der Waals surface area contributed by atoms with Crippen LogP contribution in [0.25, 0.3) is 11.1 Å². The highest BCUT2D eigenvalue weighted by Gasteiger charge is 2.22. The third-order valence-electron chi connectivity index (χ3n) is 3.54. The van der Waals surface area contributed by atoms with Crippen LogP contribution in [0, 0.1) is 13.8 Å². The molecule has 84 valence electrons. The van der Waals surface area contributed by atoms with Gasteiger partial charge in [-0.25, -0.2) is 4.98 Å². The second-order valence-electron chi connectivity index (χ2n) is 4.96. The van der Waals surface area contributed by atoms with Crippen LogP contribution in [-0.2, 0) is 0 Å². The van der Waals surface area contributed by atoms with Gasteiger partial charge in [-0.3, -0.25) is 0 Å². The van der Waals surface area contributed by atoms with Crippen molar-refractivity contribution in [2.45, 2.75) is 45.4 Å². The molecule has 1 heterocycles. The molecule has 1 aromatic heterocycles. The summed E-state index contributed by atoms with van der Waals surface area (Å²) in [5, 5.41) is 0. The monoisotopic (exact) mass is 215 g/mol. The molecule has 1 fully saturated rings. The van der Waals surface area contributed by atoms with Crippen molar-refractivity contribution in [2.24, 2.45) is 0 Å². The van der Waals surface area contributed by atoms with Gasteiger partial charge in [0, 0.05) is 5.92 Å². The molecule has 1 aliphatic rings. The van der Waals surface area contributed by atoms with E-state index in [1.807, 2.05) is 0 Å². The zero-order valence-electron chi connectivity index (χ0n) is 9.92. The van der Waals surface area contributed by atoms with Crippen LogP contribution in [0.2, 0.25) is 0 Å². The van der Waals surface area contributed by atoms with Crippen LogP contribution in [-0.4, -0.2) is 4.98 Å². The van der Waals surface area contributed by atoms with Gasteiger partial charge in [0.05, 0.1) is 0 Å². The number of nitrogens with zero attached hydrogens (tertiary/aromatic N) is 1. The van der Waals surface area contributed by atoms with Crippen molar-refractivity contribution >= 4 is 11.1 Å². The van der Waals surface area contributed by atoms with E-state index in [2.05, 4.69) is 31.0 Å². The van der Waals surface area contributed by atoms with E-state index < -0.39 is 0 Å². The molecule has 0 amide bonds. The highest BCUT2D eigenvalue weighted by molar-refractivity contribution is 5.77. The van der Waals surface area contributed by atoms with Gasteiger partial charge in [0.2, 0.25) is 0 Å². The smallest absolute Gasteiger partial charge is 0.198 e. The quantitative estimate of drug-likeness (QED) is 0.715. The van der Waals surface area contributed by atoms with Gasteiger partial charge in [0.15, 0.2) is 11.5 Å². The molecule has 0 unspecified atom stereocenters. The summed E-state index contributed by atoms with van der Waals surface area (Å²) in [4.78, 5) is 4.65. The topological polar surface area (TPSA) is 26.0 Å². The highest BCUT2D eigenvalue weighted by Crippen LogP contribution is 2.35. The fourth-order valence-corrected chi connectivity index (χ4v) is 2.74. The normalized spacial score (nSPS) is 17.4. The van der Waals surface area contributed by atoms with E-state index in [4.69, 9.17) is 4.42 Å². The predicted octanol–water partition coefficient (Wildman–Crippen LogP) is 4.10. The van der Waals surface area contributed by atoms with E-state index in [0.717, 1.165) is 17.0 Å². The zero-order valence-corrected chi connectivity index (χ0v) is 9.92. The Labute approximate surface area is 95.7 Å². The lowest BCUT2D eigenvalue weighted by atomic mass is 10.1. The molecule has 1 aliphatic carbocycles. The predicted molar refractivity (Wildman–Crippen MR) is 64.7 cm³/mol. The van der Waals surface area contributed by atoms with Gasteiger partial charge in [-0.05, 0) is 43.9 Å². The van der Waals surface area contributed by atoms with Crippen molar-refractivity contribution in [3.63, 3.8) is 0 Å². The van der Waals surface area contributed by atoms with Crippen molar-refractivity contribution in [1.29, 1.82) is 0 Å². The van der Waals surface area contributed by atoms with Gasteiger partial charge >= 0.3 is 0 Å². The summed E-state index contributed by atoms with van der Waals surface area (Å²) < 4.78 is 5.93. The minimum atomic E-state index is 0.562.